The summed E-state index contributed by atoms with van der Waals surface area (Å²) in [6.07, 6.45) is 3.13. The van der Waals surface area contributed by atoms with Crippen LogP contribution in [-0.2, 0) is 26.2 Å². The number of carbonyl (C=O) groups is 2. The van der Waals surface area contributed by atoms with Gasteiger partial charge in [0.1, 0.15) is 12.6 Å². The third-order valence-electron chi connectivity index (χ3n) is 5.68. The number of nitrogens with zero attached hydrogens (tertiary/aromatic N) is 2. The molecule has 0 saturated heterocycles. The second-order valence-corrected chi connectivity index (χ2v) is 11.1. The lowest BCUT2D eigenvalue weighted by molar-refractivity contribution is -0.140. The lowest BCUT2D eigenvalue weighted by atomic mass is 10.1. The molecule has 10 heteroatoms. The predicted octanol–water partition coefficient (Wildman–Crippen LogP) is 4.79. The highest BCUT2D eigenvalue weighted by Crippen LogP contribution is 2.30. The Hall–Kier alpha value is -2.29. The Morgan fingerprint density at radius 1 is 1.09 bits per heavy atom. The van der Waals surface area contributed by atoms with Gasteiger partial charge in [-0.25, -0.2) is 8.42 Å². The average Bonchev–Trinajstić information content (AvgIpc) is 2.78. The number of nitrogens with one attached hydrogen (secondary N) is 1. The molecule has 0 spiro atoms. The summed E-state index contributed by atoms with van der Waals surface area (Å²) in [5.74, 6) is -0.777. The molecule has 0 heterocycles. The average molecular weight is 543 g/mol. The summed E-state index contributed by atoms with van der Waals surface area (Å²) in [7, 11) is -3.88. The van der Waals surface area contributed by atoms with Crippen LogP contribution in [0.3, 0.4) is 0 Å². The number of amides is 2. The first-order chi connectivity index (χ1) is 16.5. The van der Waals surface area contributed by atoms with Crippen molar-refractivity contribution in [3.8, 4) is 0 Å². The molecule has 0 aliphatic carbocycles. The normalized spacial score (nSPS) is 12.2. The maximum Gasteiger partial charge on any atom is 0.244 e. The van der Waals surface area contributed by atoms with Gasteiger partial charge in [-0.15, -0.1) is 0 Å². The van der Waals surface area contributed by atoms with Crippen molar-refractivity contribution in [2.24, 2.45) is 0 Å². The van der Waals surface area contributed by atoms with Crippen LogP contribution in [0.1, 0.15) is 44.2 Å². The zero-order valence-corrected chi connectivity index (χ0v) is 22.9. The molecule has 2 aromatic carbocycles. The van der Waals surface area contributed by atoms with E-state index in [1.165, 1.54) is 23.1 Å². The monoisotopic (exact) mass is 541 g/mol. The molecule has 192 valence electrons. The number of unbranched alkanes of at least 4 members (excludes halogenated alkanes) is 1. The highest BCUT2D eigenvalue weighted by molar-refractivity contribution is 7.92. The Labute approximate surface area is 218 Å². The van der Waals surface area contributed by atoms with E-state index in [4.69, 9.17) is 23.2 Å². The second-order valence-electron chi connectivity index (χ2n) is 8.38. The number of carbonyl (C=O) groups excluding carboxylic acids is 2. The molecule has 0 saturated carbocycles. The fraction of sp³-hybridized carbons (Fsp3) is 0.440. The van der Waals surface area contributed by atoms with Crippen LogP contribution in [0.15, 0.2) is 42.5 Å². The van der Waals surface area contributed by atoms with Crippen molar-refractivity contribution in [3.63, 3.8) is 0 Å². The van der Waals surface area contributed by atoms with Crippen LogP contribution >= 0.6 is 23.2 Å². The molecule has 35 heavy (non-hydrogen) atoms. The topological polar surface area (TPSA) is 86.8 Å². The molecule has 7 nitrogen and oxygen atoms in total. The Morgan fingerprint density at radius 2 is 1.77 bits per heavy atom. The van der Waals surface area contributed by atoms with Gasteiger partial charge >= 0.3 is 0 Å². The van der Waals surface area contributed by atoms with Gasteiger partial charge in [0.05, 0.1) is 17.0 Å². The van der Waals surface area contributed by atoms with Crippen molar-refractivity contribution >= 4 is 50.7 Å². The summed E-state index contributed by atoms with van der Waals surface area (Å²) in [6.45, 7) is 5.94. The molecule has 0 fully saturated rings. The van der Waals surface area contributed by atoms with Gasteiger partial charge in [-0.05, 0) is 49.1 Å². The van der Waals surface area contributed by atoms with Gasteiger partial charge in [-0.2, -0.15) is 0 Å². The van der Waals surface area contributed by atoms with Gasteiger partial charge in [0.15, 0.2) is 0 Å². The Morgan fingerprint density at radius 3 is 2.34 bits per heavy atom. The zero-order valence-electron chi connectivity index (χ0n) is 20.6. The van der Waals surface area contributed by atoms with E-state index in [0.29, 0.717) is 18.0 Å². The molecule has 0 aliphatic rings. The molecule has 0 aromatic heterocycles. The molecule has 1 atom stereocenters. The lowest BCUT2D eigenvalue weighted by Gasteiger charge is -2.33. The molecular formula is C25H33Cl2N3O4S. The number of aryl methyl sites for hydroxylation is 1. The number of rotatable bonds is 12. The van der Waals surface area contributed by atoms with Gasteiger partial charge in [0.2, 0.25) is 21.8 Å². The second kappa shape index (κ2) is 13.1. The van der Waals surface area contributed by atoms with E-state index < -0.39 is 28.5 Å². The molecule has 1 N–H and O–H groups in total. The van der Waals surface area contributed by atoms with Gasteiger partial charge in [-0.3, -0.25) is 13.9 Å². The molecule has 0 bridgehead atoms. The Balaban J connectivity index is 2.45. The molecule has 0 radical (unpaired) electrons. The van der Waals surface area contributed by atoms with Gasteiger partial charge < -0.3 is 10.2 Å². The van der Waals surface area contributed by atoms with Gasteiger partial charge in [0.25, 0.3) is 0 Å². The van der Waals surface area contributed by atoms with E-state index in [1.807, 2.05) is 45.0 Å². The summed E-state index contributed by atoms with van der Waals surface area (Å²) in [5, 5.41) is 3.34. The maximum absolute atomic E-state index is 13.7. The minimum Gasteiger partial charge on any atom is -0.354 e. The summed E-state index contributed by atoms with van der Waals surface area (Å²) >= 11 is 12.2. The van der Waals surface area contributed by atoms with E-state index >= 15 is 0 Å². The number of hydrogen-bond acceptors (Lipinski definition) is 4. The van der Waals surface area contributed by atoms with Gasteiger partial charge in [-0.1, -0.05) is 67.7 Å². The van der Waals surface area contributed by atoms with Crippen LogP contribution in [0.2, 0.25) is 10.0 Å². The molecule has 0 unspecified atom stereocenters. The SMILES string of the molecule is CCCCNC(=O)[C@@H](CC)N(Cc1ccccc1C)C(=O)CN(c1ccc(Cl)cc1Cl)S(C)(=O)=O. The minimum atomic E-state index is -3.88. The first-order valence-electron chi connectivity index (χ1n) is 11.5. The summed E-state index contributed by atoms with van der Waals surface area (Å²) in [5.41, 5.74) is 1.98. The smallest absolute Gasteiger partial charge is 0.244 e. The van der Waals surface area contributed by atoms with Crippen molar-refractivity contribution in [1.82, 2.24) is 10.2 Å². The van der Waals surface area contributed by atoms with Crippen LogP contribution in [0.25, 0.3) is 0 Å². The molecule has 2 rings (SSSR count). The van der Waals surface area contributed by atoms with Gasteiger partial charge in [0, 0.05) is 18.1 Å². The van der Waals surface area contributed by atoms with E-state index in [9.17, 15) is 18.0 Å². The highest BCUT2D eigenvalue weighted by atomic mass is 35.5. The third-order valence-corrected chi connectivity index (χ3v) is 7.34. The highest BCUT2D eigenvalue weighted by Gasteiger charge is 2.32. The lowest BCUT2D eigenvalue weighted by Crippen LogP contribution is -2.52. The largest absolute Gasteiger partial charge is 0.354 e. The van der Waals surface area contributed by atoms with Crippen LogP contribution in [-0.4, -0.2) is 50.5 Å². The van der Waals surface area contributed by atoms with E-state index in [2.05, 4.69) is 5.32 Å². The fourth-order valence-electron chi connectivity index (χ4n) is 3.67. The van der Waals surface area contributed by atoms with Crippen molar-refractivity contribution in [1.29, 1.82) is 0 Å². The summed E-state index contributed by atoms with van der Waals surface area (Å²) < 4.78 is 26.3. The fourth-order valence-corrected chi connectivity index (χ4v) is 5.10. The molecular weight excluding hydrogens is 509 g/mol. The number of hydrogen-bond donors (Lipinski definition) is 1. The predicted molar refractivity (Wildman–Crippen MR) is 142 cm³/mol. The first-order valence-corrected chi connectivity index (χ1v) is 14.1. The van der Waals surface area contributed by atoms with Crippen molar-refractivity contribution < 1.29 is 18.0 Å². The van der Waals surface area contributed by atoms with Crippen LogP contribution in [0.5, 0.6) is 0 Å². The third kappa shape index (κ3) is 8.12. The Kier molecular flexibility index (Phi) is 10.9. The zero-order chi connectivity index (χ0) is 26.2. The standard InChI is InChI=1S/C25H33Cl2N3O4S/c1-5-7-14-28-25(32)22(6-2)29(16-19-11-9-8-10-18(19)3)24(31)17-30(35(4,33)34)23-13-12-20(26)15-21(23)27/h8-13,15,22H,5-7,14,16-17H2,1-4H3,(H,28,32)/t22-/m1/s1. The first kappa shape index (κ1) is 28.9. The molecule has 2 aromatic rings. The minimum absolute atomic E-state index is 0.102. The van der Waals surface area contributed by atoms with E-state index in [-0.39, 0.29) is 23.2 Å². The quantitative estimate of drug-likeness (QED) is 0.391. The van der Waals surface area contributed by atoms with Crippen molar-refractivity contribution in [3.05, 3.63) is 63.6 Å². The van der Waals surface area contributed by atoms with Crippen LogP contribution in [0, 0.1) is 6.92 Å². The van der Waals surface area contributed by atoms with Crippen molar-refractivity contribution in [2.75, 3.05) is 23.7 Å². The van der Waals surface area contributed by atoms with E-state index in [1.54, 1.807) is 0 Å². The van der Waals surface area contributed by atoms with Crippen LogP contribution < -0.4 is 9.62 Å². The Bertz CT molecular complexity index is 1140. The maximum atomic E-state index is 13.7. The number of sulfonamides is 1. The molecule has 0 aliphatic heterocycles. The number of benzene rings is 2. The molecule has 2 amide bonds. The van der Waals surface area contributed by atoms with Crippen molar-refractivity contribution in [2.45, 2.75) is 52.6 Å². The van der Waals surface area contributed by atoms with E-state index in [0.717, 1.165) is 34.5 Å². The summed E-state index contributed by atoms with van der Waals surface area (Å²) in [4.78, 5) is 28.2. The summed E-state index contributed by atoms with van der Waals surface area (Å²) in [6, 6.07) is 11.2. The number of anilines is 1. The number of halogens is 2. The van der Waals surface area contributed by atoms with Crippen LogP contribution in [0.4, 0.5) is 5.69 Å².